The van der Waals surface area contributed by atoms with Crippen molar-refractivity contribution < 1.29 is 5.11 Å². The van der Waals surface area contributed by atoms with Crippen LogP contribution in [0.4, 0.5) is 0 Å². The van der Waals surface area contributed by atoms with E-state index in [0.717, 1.165) is 10.6 Å². The molecule has 3 rings (SSSR count). The van der Waals surface area contributed by atoms with E-state index in [1.54, 1.807) is 23.7 Å². The van der Waals surface area contributed by atoms with Crippen LogP contribution < -0.4 is 0 Å². The zero-order valence-corrected chi connectivity index (χ0v) is 11.0. The second-order valence-electron chi connectivity index (χ2n) is 4.15. The fourth-order valence-corrected chi connectivity index (χ4v) is 2.58. The number of rotatable bonds is 4. The smallest absolute Gasteiger partial charge is 0.142 e. The van der Waals surface area contributed by atoms with E-state index in [1.165, 1.54) is 0 Å². The molecule has 3 aromatic rings. The SMILES string of the molecule is OC(c1ccccc1)c1nccn1Cc1nccs1. The van der Waals surface area contributed by atoms with E-state index in [9.17, 15) is 5.11 Å². The van der Waals surface area contributed by atoms with Crippen molar-refractivity contribution >= 4 is 11.3 Å². The summed E-state index contributed by atoms with van der Waals surface area (Å²) in [5.41, 5.74) is 0.842. The summed E-state index contributed by atoms with van der Waals surface area (Å²) < 4.78 is 1.93. The molecule has 0 aliphatic carbocycles. The summed E-state index contributed by atoms with van der Waals surface area (Å²) in [6, 6.07) is 9.54. The third-order valence-corrected chi connectivity index (χ3v) is 3.66. The quantitative estimate of drug-likeness (QED) is 0.793. The first-order valence-electron chi connectivity index (χ1n) is 5.97. The highest BCUT2D eigenvalue weighted by Gasteiger charge is 2.16. The maximum Gasteiger partial charge on any atom is 0.142 e. The van der Waals surface area contributed by atoms with Gasteiger partial charge in [-0.15, -0.1) is 11.3 Å². The van der Waals surface area contributed by atoms with Crippen LogP contribution in [-0.4, -0.2) is 19.6 Å². The van der Waals surface area contributed by atoms with Gasteiger partial charge in [0.2, 0.25) is 0 Å². The first-order valence-corrected chi connectivity index (χ1v) is 6.85. The monoisotopic (exact) mass is 271 g/mol. The highest BCUT2D eigenvalue weighted by Crippen LogP contribution is 2.21. The molecule has 1 aromatic carbocycles. The van der Waals surface area contributed by atoms with Gasteiger partial charge in [0.05, 0.1) is 6.54 Å². The Morgan fingerprint density at radius 1 is 1.16 bits per heavy atom. The van der Waals surface area contributed by atoms with Crippen LogP contribution in [0.1, 0.15) is 22.5 Å². The summed E-state index contributed by atoms with van der Waals surface area (Å²) in [6.45, 7) is 0.636. The van der Waals surface area contributed by atoms with Crippen molar-refractivity contribution in [3.8, 4) is 0 Å². The van der Waals surface area contributed by atoms with Gasteiger partial charge in [0.25, 0.3) is 0 Å². The highest BCUT2D eigenvalue weighted by atomic mass is 32.1. The number of aliphatic hydroxyl groups is 1. The van der Waals surface area contributed by atoms with Crippen LogP contribution in [0.15, 0.2) is 54.3 Å². The van der Waals surface area contributed by atoms with Gasteiger partial charge in [0.1, 0.15) is 16.9 Å². The lowest BCUT2D eigenvalue weighted by Gasteiger charge is -2.12. The molecule has 2 heterocycles. The van der Waals surface area contributed by atoms with E-state index in [0.29, 0.717) is 12.4 Å². The Morgan fingerprint density at radius 2 is 2.00 bits per heavy atom. The molecule has 0 aliphatic rings. The van der Waals surface area contributed by atoms with Crippen molar-refractivity contribution in [2.75, 3.05) is 0 Å². The summed E-state index contributed by atoms with van der Waals surface area (Å²) in [5, 5.41) is 13.3. The normalized spacial score (nSPS) is 12.5. The molecular formula is C14H13N3OS. The minimum absolute atomic E-state index is 0.636. The molecule has 1 N–H and O–H groups in total. The van der Waals surface area contributed by atoms with E-state index in [2.05, 4.69) is 9.97 Å². The molecule has 0 fully saturated rings. The van der Waals surface area contributed by atoms with Gasteiger partial charge in [-0.25, -0.2) is 9.97 Å². The zero-order chi connectivity index (χ0) is 13.1. The summed E-state index contributed by atoms with van der Waals surface area (Å²) >= 11 is 1.60. The average Bonchev–Trinajstić information content (AvgIpc) is 3.11. The van der Waals surface area contributed by atoms with Gasteiger partial charge in [-0.1, -0.05) is 30.3 Å². The Morgan fingerprint density at radius 3 is 2.74 bits per heavy atom. The molecule has 19 heavy (non-hydrogen) atoms. The molecule has 1 atom stereocenters. The second kappa shape index (κ2) is 5.34. The number of aliphatic hydroxyl groups excluding tert-OH is 1. The van der Waals surface area contributed by atoms with Gasteiger partial charge in [-0.3, -0.25) is 0 Å². The van der Waals surface area contributed by atoms with Crippen LogP contribution in [0.25, 0.3) is 0 Å². The van der Waals surface area contributed by atoms with Crippen molar-refractivity contribution in [1.29, 1.82) is 0 Å². The minimum atomic E-state index is -0.712. The molecule has 5 heteroatoms. The molecule has 0 amide bonds. The lowest BCUT2D eigenvalue weighted by atomic mass is 10.1. The first kappa shape index (κ1) is 12.1. The summed E-state index contributed by atoms with van der Waals surface area (Å²) in [4.78, 5) is 8.52. The average molecular weight is 271 g/mol. The third-order valence-electron chi connectivity index (χ3n) is 2.90. The van der Waals surface area contributed by atoms with E-state index in [4.69, 9.17) is 0 Å². The predicted molar refractivity (Wildman–Crippen MR) is 73.9 cm³/mol. The van der Waals surface area contributed by atoms with Gasteiger partial charge in [0.15, 0.2) is 0 Å². The number of hydrogen-bond acceptors (Lipinski definition) is 4. The maximum absolute atomic E-state index is 10.4. The Kier molecular flexibility index (Phi) is 3.39. The molecular weight excluding hydrogens is 258 g/mol. The number of imidazole rings is 1. The van der Waals surface area contributed by atoms with Crippen LogP contribution in [0.3, 0.4) is 0 Å². The van der Waals surface area contributed by atoms with Crippen molar-refractivity contribution in [2.45, 2.75) is 12.6 Å². The second-order valence-corrected chi connectivity index (χ2v) is 5.13. The lowest BCUT2D eigenvalue weighted by molar-refractivity contribution is 0.205. The van der Waals surface area contributed by atoms with E-state index in [-0.39, 0.29) is 0 Å². The predicted octanol–water partition coefficient (Wildman–Crippen LogP) is 2.47. The Hall–Kier alpha value is -1.98. The standard InChI is InChI=1S/C14H13N3OS/c18-13(11-4-2-1-3-5-11)14-16-6-8-17(14)10-12-15-7-9-19-12/h1-9,13,18H,10H2. The molecule has 0 bridgehead atoms. The van der Waals surface area contributed by atoms with Crippen molar-refractivity contribution in [2.24, 2.45) is 0 Å². The molecule has 0 aliphatic heterocycles. The van der Waals surface area contributed by atoms with Gasteiger partial charge >= 0.3 is 0 Å². The zero-order valence-electron chi connectivity index (χ0n) is 10.2. The lowest BCUT2D eigenvalue weighted by Crippen LogP contribution is -2.10. The van der Waals surface area contributed by atoms with E-state index in [1.807, 2.05) is 46.5 Å². The number of benzene rings is 1. The number of nitrogens with zero attached hydrogens (tertiary/aromatic N) is 3. The van der Waals surface area contributed by atoms with Crippen LogP contribution in [0.2, 0.25) is 0 Å². The number of aromatic nitrogens is 3. The van der Waals surface area contributed by atoms with Crippen molar-refractivity contribution in [1.82, 2.24) is 14.5 Å². The highest BCUT2D eigenvalue weighted by molar-refractivity contribution is 7.09. The first-order chi connectivity index (χ1) is 9.34. The third kappa shape index (κ3) is 2.57. The van der Waals surface area contributed by atoms with Crippen LogP contribution in [0.5, 0.6) is 0 Å². The number of hydrogen-bond donors (Lipinski definition) is 1. The maximum atomic E-state index is 10.4. The molecule has 0 radical (unpaired) electrons. The molecule has 96 valence electrons. The Balaban J connectivity index is 1.88. The van der Waals surface area contributed by atoms with Crippen molar-refractivity contribution in [3.63, 3.8) is 0 Å². The van der Waals surface area contributed by atoms with Gasteiger partial charge in [-0.05, 0) is 5.56 Å². The van der Waals surface area contributed by atoms with Gasteiger partial charge in [0, 0.05) is 24.0 Å². The molecule has 0 spiro atoms. The molecule has 4 nitrogen and oxygen atoms in total. The Labute approximate surface area is 115 Å². The molecule has 2 aromatic heterocycles. The van der Waals surface area contributed by atoms with Gasteiger partial charge in [-0.2, -0.15) is 0 Å². The van der Waals surface area contributed by atoms with Crippen molar-refractivity contribution in [3.05, 3.63) is 70.7 Å². The fraction of sp³-hybridized carbons (Fsp3) is 0.143. The number of thiazole rings is 1. The fourth-order valence-electron chi connectivity index (χ4n) is 1.96. The molecule has 0 saturated carbocycles. The summed E-state index contributed by atoms with van der Waals surface area (Å²) in [7, 11) is 0. The summed E-state index contributed by atoms with van der Waals surface area (Å²) in [5.74, 6) is 0.640. The van der Waals surface area contributed by atoms with Crippen LogP contribution in [0, 0.1) is 0 Å². The molecule has 0 saturated heterocycles. The Bertz CT molecular complexity index is 634. The topological polar surface area (TPSA) is 50.9 Å². The minimum Gasteiger partial charge on any atom is -0.380 e. The van der Waals surface area contributed by atoms with E-state index >= 15 is 0 Å². The van der Waals surface area contributed by atoms with Crippen LogP contribution >= 0.6 is 11.3 Å². The van der Waals surface area contributed by atoms with E-state index < -0.39 is 6.10 Å². The summed E-state index contributed by atoms with van der Waals surface area (Å²) in [6.07, 6.45) is 4.64. The molecule has 1 unspecified atom stereocenters. The van der Waals surface area contributed by atoms with Gasteiger partial charge < -0.3 is 9.67 Å². The largest absolute Gasteiger partial charge is 0.380 e. The van der Waals surface area contributed by atoms with Crippen LogP contribution in [-0.2, 0) is 6.54 Å².